The molecule has 0 unspecified atom stereocenters. The van der Waals surface area contributed by atoms with Gasteiger partial charge in [-0.2, -0.15) is 9.97 Å². The van der Waals surface area contributed by atoms with Gasteiger partial charge in [0.05, 0.1) is 19.5 Å². The van der Waals surface area contributed by atoms with Crippen molar-refractivity contribution in [2.45, 2.75) is 39.2 Å². The van der Waals surface area contributed by atoms with Crippen LogP contribution in [0.4, 0.5) is 11.8 Å². The summed E-state index contributed by atoms with van der Waals surface area (Å²) in [5.41, 5.74) is 1.61. The molecule has 10 heteroatoms. The van der Waals surface area contributed by atoms with Crippen molar-refractivity contribution in [1.82, 2.24) is 29.3 Å². The van der Waals surface area contributed by atoms with Crippen LogP contribution in [0.25, 0.3) is 11.2 Å². The maximum atomic E-state index is 11.8. The van der Waals surface area contributed by atoms with Crippen LogP contribution in [0.3, 0.4) is 0 Å². The van der Waals surface area contributed by atoms with Crippen LogP contribution in [0.5, 0.6) is 0 Å². The molecule has 2 aliphatic heterocycles. The van der Waals surface area contributed by atoms with Crippen LogP contribution in [0.1, 0.15) is 39.2 Å². The molecule has 0 bridgehead atoms. The molecule has 2 aliphatic rings. The summed E-state index contributed by atoms with van der Waals surface area (Å²) in [5.74, 6) is 1.62. The Morgan fingerprint density at radius 1 is 1.10 bits per heavy atom. The molecule has 0 spiro atoms. The molecular weight excluding hydrogens is 396 g/mol. The van der Waals surface area contributed by atoms with Gasteiger partial charge in [0, 0.05) is 58.3 Å². The van der Waals surface area contributed by atoms with Crippen molar-refractivity contribution in [3.63, 3.8) is 0 Å². The SMILES string of the molecule is CC(C)n1cnc2c(NCCCN3CCCC3=O)nc(NCCN3CCOCC3)nc21. The predicted octanol–water partition coefficient (Wildman–Crippen LogP) is 1.58. The summed E-state index contributed by atoms with van der Waals surface area (Å²) in [6.07, 6.45) is 4.37. The number of imidazole rings is 1. The summed E-state index contributed by atoms with van der Waals surface area (Å²) in [6.45, 7) is 11.9. The van der Waals surface area contributed by atoms with Crippen LogP contribution < -0.4 is 10.6 Å². The molecule has 2 aromatic rings. The van der Waals surface area contributed by atoms with Gasteiger partial charge in [0.2, 0.25) is 11.9 Å². The lowest BCUT2D eigenvalue weighted by Gasteiger charge is -2.26. The number of carbonyl (C=O) groups excluding carboxylic acids is 1. The van der Waals surface area contributed by atoms with E-state index in [9.17, 15) is 4.79 Å². The fourth-order valence-corrected chi connectivity index (χ4v) is 4.06. The second-order valence-electron chi connectivity index (χ2n) is 8.46. The Labute approximate surface area is 183 Å². The Morgan fingerprint density at radius 2 is 1.94 bits per heavy atom. The van der Waals surface area contributed by atoms with Gasteiger partial charge >= 0.3 is 0 Å². The molecule has 0 saturated carbocycles. The lowest BCUT2D eigenvalue weighted by molar-refractivity contribution is -0.127. The van der Waals surface area contributed by atoms with Crippen molar-refractivity contribution in [2.24, 2.45) is 0 Å². The van der Waals surface area contributed by atoms with Gasteiger partial charge in [-0.05, 0) is 26.7 Å². The standard InChI is InChI=1S/C21H34N8O2/c1-16(2)29-15-24-18-19(22-6-4-9-28-8-3-5-17(28)30)25-21(26-20(18)29)23-7-10-27-11-13-31-14-12-27/h15-16H,3-14H2,1-2H3,(H2,22,23,25,26). The van der Waals surface area contributed by atoms with Crippen LogP contribution >= 0.6 is 0 Å². The summed E-state index contributed by atoms with van der Waals surface area (Å²) in [6, 6.07) is 0.259. The quantitative estimate of drug-likeness (QED) is 0.548. The van der Waals surface area contributed by atoms with Crippen molar-refractivity contribution in [3.05, 3.63) is 6.33 Å². The highest BCUT2D eigenvalue weighted by Gasteiger charge is 2.19. The number of fused-ring (bicyclic) bond motifs is 1. The van der Waals surface area contributed by atoms with E-state index in [1.165, 1.54) is 0 Å². The Hall–Kier alpha value is -2.46. The first-order valence-corrected chi connectivity index (χ1v) is 11.4. The third-order valence-electron chi connectivity index (χ3n) is 5.86. The van der Waals surface area contributed by atoms with E-state index in [2.05, 4.69) is 38.9 Å². The van der Waals surface area contributed by atoms with E-state index in [0.717, 1.165) is 88.9 Å². The molecule has 2 N–H and O–H groups in total. The van der Waals surface area contributed by atoms with E-state index < -0.39 is 0 Å². The van der Waals surface area contributed by atoms with Gasteiger partial charge in [-0.1, -0.05) is 0 Å². The first-order valence-electron chi connectivity index (χ1n) is 11.4. The Morgan fingerprint density at radius 3 is 2.68 bits per heavy atom. The second kappa shape index (κ2) is 10.2. The lowest BCUT2D eigenvalue weighted by atomic mass is 10.3. The van der Waals surface area contributed by atoms with Crippen molar-refractivity contribution >= 4 is 28.8 Å². The van der Waals surface area contributed by atoms with Crippen LogP contribution in [0, 0.1) is 0 Å². The summed E-state index contributed by atoms with van der Waals surface area (Å²) in [5, 5.41) is 6.81. The van der Waals surface area contributed by atoms with E-state index in [0.29, 0.717) is 12.4 Å². The molecule has 2 fully saturated rings. The highest BCUT2D eigenvalue weighted by Crippen LogP contribution is 2.23. The molecule has 170 valence electrons. The predicted molar refractivity (Wildman–Crippen MR) is 120 cm³/mol. The molecule has 10 nitrogen and oxygen atoms in total. The van der Waals surface area contributed by atoms with Crippen LogP contribution in [0.2, 0.25) is 0 Å². The minimum Gasteiger partial charge on any atom is -0.379 e. The molecule has 31 heavy (non-hydrogen) atoms. The number of nitrogens with zero attached hydrogens (tertiary/aromatic N) is 6. The normalized spacial score (nSPS) is 17.8. The first kappa shape index (κ1) is 21.8. The molecule has 2 aromatic heterocycles. The van der Waals surface area contributed by atoms with Gasteiger partial charge in [0.1, 0.15) is 0 Å². The highest BCUT2D eigenvalue weighted by molar-refractivity contribution is 5.84. The molecule has 0 aromatic carbocycles. The Balaban J connectivity index is 1.40. The number of anilines is 2. The molecule has 0 radical (unpaired) electrons. The van der Waals surface area contributed by atoms with E-state index in [-0.39, 0.29) is 11.9 Å². The van der Waals surface area contributed by atoms with Crippen LogP contribution in [-0.2, 0) is 9.53 Å². The van der Waals surface area contributed by atoms with Crippen LogP contribution in [-0.4, -0.2) is 94.3 Å². The third-order valence-corrected chi connectivity index (χ3v) is 5.86. The van der Waals surface area contributed by atoms with E-state index in [4.69, 9.17) is 14.7 Å². The van der Waals surface area contributed by atoms with Crippen molar-refractivity contribution in [2.75, 3.05) is 69.7 Å². The number of amides is 1. The molecule has 4 rings (SSSR count). The second-order valence-corrected chi connectivity index (χ2v) is 8.46. The Bertz CT molecular complexity index is 878. The van der Waals surface area contributed by atoms with Gasteiger partial charge in [0.25, 0.3) is 0 Å². The fourth-order valence-electron chi connectivity index (χ4n) is 4.06. The number of hydrogen-bond donors (Lipinski definition) is 2. The van der Waals surface area contributed by atoms with Crippen molar-refractivity contribution in [1.29, 1.82) is 0 Å². The van der Waals surface area contributed by atoms with Gasteiger partial charge in [-0.3, -0.25) is 9.69 Å². The number of nitrogens with one attached hydrogen (secondary N) is 2. The maximum Gasteiger partial charge on any atom is 0.226 e. The summed E-state index contributed by atoms with van der Waals surface area (Å²) < 4.78 is 7.48. The molecular formula is C21H34N8O2. The summed E-state index contributed by atoms with van der Waals surface area (Å²) in [4.78, 5) is 30.1. The van der Waals surface area contributed by atoms with E-state index >= 15 is 0 Å². The number of morpholine rings is 1. The lowest BCUT2D eigenvalue weighted by Crippen LogP contribution is -2.39. The van der Waals surface area contributed by atoms with Gasteiger partial charge < -0.3 is 24.8 Å². The number of ether oxygens (including phenoxy) is 1. The largest absolute Gasteiger partial charge is 0.379 e. The van der Waals surface area contributed by atoms with Gasteiger partial charge in [-0.25, -0.2) is 4.98 Å². The molecule has 4 heterocycles. The minimum atomic E-state index is 0.259. The zero-order valence-electron chi connectivity index (χ0n) is 18.6. The molecule has 2 saturated heterocycles. The number of carbonyl (C=O) groups is 1. The average Bonchev–Trinajstić information content (AvgIpc) is 3.38. The number of likely N-dealkylation sites (tertiary alicyclic amines) is 1. The fraction of sp³-hybridized carbons (Fsp3) is 0.714. The van der Waals surface area contributed by atoms with Crippen molar-refractivity contribution in [3.8, 4) is 0 Å². The summed E-state index contributed by atoms with van der Waals surface area (Å²) >= 11 is 0. The van der Waals surface area contributed by atoms with Crippen LogP contribution in [0.15, 0.2) is 6.33 Å². The van der Waals surface area contributed by atoms with Crippen molar-refractivity contribution < 1.29 is 9.53 Å². The minimum absolute atomic E-state index is 0.259. The number of hydrogen-bond acceptors (Lipinski definition) is 8. The third kappa shape index (κ3) is 5.43. The first-order chi connectivity index (χ1) is 15.1. The van der Waals surface area contributed by atoms with Gasteiger partial charge in [-0.15, -0.1) is 0 Å². The zero-order valence-corrected chi connectivity index (χ0v) is 18.6. The average molecular weight is 431 g/mol. The smallest absolute Gasteiger partial charge is 0.226 e. The Kier molecular flexibility index (Phi) is 7.18. The number of rotatable bonds is 10. The highest BCUT2D eigenvalue weighted by atomic mass is 16.5. The monoisotopic (exact) mass is 430 g/mol. The van der Waals surface area contributed by atoms with E-state index in [1.807, 2.05) is 11.2 Å². The maximum absolute atomic E-state index is 11.8. The van der Waals surface area contributed by atoms with E-state index in [1.54, 1.807) is 0 Å². The topological polar surface area (TPSA) is 100 Å². The molecule has 1 amide bonds. The summed E-state index contributed by atoms with van der Waals surface area (Å²) in [7, 11) is 0. The van der Waals surface area contributed by atoms with Gasteiger partial charge in [0.15, 0.2) is 17.0 Å². The zero-order chi connectivity index (χ0) is 21.6. The molecule has 0 aliphatic carbocycles. The number of aromatic nitrogens is 4. The molecule has 0 atom stereocenters.